The Morgan fingerprint density at radius 1 is 1.14 bits per heavy atom. The number of anilines is 1. The molecule has 0 unspecified atom stereocenters. The molecule has 29 heavy (non-hydrogen) atoms. The highest BCUT2D eigenvalue weighted by Crippen LogP contribution is 2.33. The van der Waals surface area contributed by atoms with Crippen LogP contribution in [-0.2, 0) is 11.3 Å². The average molecular weight is 489 g/mol. The van der Waals surface area contributed by atoms with Crippen LogP contribution in [0.2, 0.25) is 20.1 Å². The number of hydrogen-bond donors (Lipinski definition) is 1. The number of carbonyl (C=O) groups is 1. The quantitative estimate of drug-likeness (QED) is 0.265. The molecule has 5 nitrogen and oxygen atoms in total. The monoisotopic (exact) mass is 487 g/mol. The van der Waals surface area contributed by atoms with Crippen LogP contribution < -0.4 is 10.9 Å². The van der Waals surface area contributed by atoms with Gasteiger partial charge in [0.15, 0.2) is 5.16 Å². The summed E-state index contributed by atoms with van der Waals surface area (Å²) in [5.41, 5.74) is 0.484. The number of thioether (sulfide) groups is 1. The third kappa shape index (κ3) is 5.08. The summed E-state index contributed by atoms with van der Waals surface area (Å²) in [5.74, 6) is -0.392. The van der Waals surface area contributed by atoms with Gasteiger partial charge in [-0.15, -0.1) is 6.58 Å². The van der Waals surface area contributed by atoms with Gasteiger partial charge >= 0.3 is 0 Å². The van der Waals surface area contributed by atoms with Gasteiger partial charge in [-0.25, -0.2) is 4.98 Å². The Bertz CT molecular complexity index is 1160. The summed E-state index contributed by atoms with van der Waals surface area (Å²) in [6, 6.07) is 7.82. The first kappa shape index (κ1) is 22.0. The molecular formula is C19H13Cl4N3O2S. The molecule has 1 heterocycles. The van der Waals surface area contributed by atoms with E-state index in [2.05, 4.69) is 16.9 Å². The topological polar surface area (TPSA) is 64.0 Å². The molecule has 3 aromatic rings. The zero-order valence-corrected chi connectivity index (χ0v) is 18.6. The van der Waals surface area contributed by atoms with Crippen LogP contribution in [0.25, 0.3) is 10.9 Å². The highest BCUT2D eigenvalue weighted by atomic mass is 35.5. The largest absolute Gasteiger partial charge is 0.323 e. The molecule has 1 aromatic heterocycles. The van der Waals surface area contributed by atoms with Crippen LogP contribution in [0.15, 0.2) is 52.9 Å². The number of halogens is 4. The Balaban J connectivity index is 1.86. The molecule has 150 valence electrons. The maximum Gasteiger partial charge on any atom is 0.262 e. The van der Waals surface area contributed by atoms with Crippen molar-refractivity contribution in [1.82, 2.24) is 9.55 Å². The van der Waals surface area contributed by atoms with Crippen molar-refractivity contribution in [3.63, 3.8) is 0 Å². The van der Waals surface area contributed by atoms with Crippen LogP contribution in [0.4, 0.5) is 5.69 Å². The Hall–Kier alpha value is -1.70. The summed E-state index contributed by atoms with van der Waals surface area (Å²) in [6.07, 6.45) is 1.59. The van der Waals surface area contributed by atoms with E-state index >= 15 is 0 Å². The molecule has 3 rings (SSSR count). The summed E-state index contributed by atoms with van der Waals surface area (Å²) in [5, 5.41) is 4.73. The lowest BCUT2D eigenvalue weighted by Crippen LogP contribution is -2.24. The van der Waals surface area contributed by atoms with E-state index in [1.807, 2.05) is 0 Å². The van der Waals surface area contributed by atoms with Crippen LogP contribution in [0.1, 0.15) is 0 Å². The number of benzene rings is 2. The normalized spacial score (nSPS) is 10.9. The predicted molar refractivity (Wildman–Crippen MR) is 122 cm³/mol. The molecule has 0 bridgehead atoms. The van der Waals surface area contributed by atoms with E-state index < -0.39 is 0 Å². The first-order valence-corrected chi connectivity index (χ1v) is 10.7. The van der Waals surface area contributed by atoms with Gasteiger partial charge < -0.3 is 5.32 Å². The lowest BCUT2D eigenvalue weighted by atomic mass is 10.2. The zero-order chi connectivity index (χ0) is 21.1. The van der Waals surface area contributed by atoms with Gasteiger partial charge in [0.25, 0.3) is 5.56 Å². The number of nitrogens with zero attached hydrogens (tertiary/aromatic N) is 2. The number of hydrogen-bond acceptors (Lipinski definition) is 4. The van der Waals surface area contributed by atoms with Crippen LogP contribution >= 0.6 is 58.2 Å². The summed E-state index contributed by atoms with van der Waals surface area (Å²) in [6.45, 7) is 3.93. The molecule has 0 spiro atoms. The lowest BCUT2D eigenvalue weighted by molar-refractivity contribution is -0.113. The first-order valence-electron chi connectivity index (χ1n) is 8.18. The molecule has 0 saturated heterocycles. The van der Waals surface area contributed by atoms with Crippen molar-refractivity contribution in [2.75, 3.05) is 11.1 Å². The molecular weight excluding hydrogens is 476 g/mol. The standard InChI is InChI=1S/C19H13Cl4N3O2S/c1-2-5-26-18(28)12-4-3-10(20)8-15(12)24-19(26)29-9-16(27)25-17-13(22)6-11(21)7-14(17)23/h2-4,6-8H,1,5,9H2,(H,25,27). The molecule has 0 radical (unpaired) electrons. The Morgan fingerprint density at radius 2 is 1.83 bits per heavy atom. The van der Waals surface area contributed by atoms with Gasteiger partial charge in [0.2, 0.25) is 5.91 Å². The molecule has 0 aliphatic heterocycles. The third-order valence-corrected chi connectivity index (χ3v) is 5.82. The summed E-state index contributed by atoms with van der Waals surface area (Å²) in [7, 11) is 0. The zero-order valence-electron chi connectivity index (χ0n) is 14.7. The maximum atomic E-state index is 12.8. The number of allylic oxidation sites excluding steroid dienone is 1. The number of amides is 1. The van der Waals surface area contributed by atoms with Crippen molar-refractivity contribution in [3.8, 4) is 0 Å². The average Bonchev–Trinajstić information content (AvgIpc) is 2.65. The van der Waals surface area contributed by atoms with Gasteiger partial charge in [0, 0.05) is 16.6 Å². The lowest BCUT2D eigenvalue weighted by Gasteiger charge is -2.12. The second-order valence-corrected chi connectivity index (χ2v) is 8.47. The molecule has 0 fully saturated rings. The minimum atomic E-state index is -0.369. The molecule has 1 amide bonds. The molecule has 10 heteroatoms. The second kappa shape index (κ2) is 9.41. The van der Waals surface area contributed by atoms with E-state index in [-0.39, 0.29) is 39.5 Å². The molecule has 0 saturated carbocycles. The molecule has 0 aliphatic rings. The summed E-state index contributed by atoms with van der Waals surface area (Å²) in [4.78, 5) is 29.7. The van der Waals surface area contributed by atoms with Gasteiger partial charge in [-0.2, -0.15) is 0 Å². The van der Waals surface area contributed by atoms with Crippen molar-refractivity contribution in [2.24, 2.45) is 0 Å². The third-order valence-electron chi connectivity index (χ3n) is 3.80. The summed E-state index contributed by atoms with van der Waals surface area (Å²) >= 11 is 25.2. The fourth-order valence-electron chi connectivity index (χ4n) is 2.54. The van der Waals surface area contributed by atoms with Crippen molar-refractivity contribution in [1.29, 1.82) is 0 Å². The maximum absolute atomic E-state index is 12.8. The number of nitrogens with one attached hydrogen (secondary N) is 1. The van der Waals surface area contributed by atoms with Gasteiger partial charge in [0.05, 0.1) is 32.4 Å². The minimum Gasteiger partial charge on any atom is -0.323 e. The van der Waals surface area contributed by atoms with E-state index in [0.717, 1.165) is 11.8 Å². The number of fused-ring (bicyclic) bond motifs is 1. The molecule has 2 aromatic carbocycles. The van der Waals surface area contributed by atoms with E-state index in [1.54, 1.807) is 24.3 Å². The van der Waals surface area contributed by atoms with Gasteiger partial charge in [-0.3, -0.25) is 14.2 Å². The first-order chi connectivity index (χ1) is 13.8. The Labute approximate surface area is 190 Å². The van der Waals surface area contributed by atoms with Crippen molar-refractivity contribution < 1.29 is 4.79 Å². The van der Waals surface area contributed by atoms with Crippen molar-refractivity contribution in [3.05, 3.63) is 73.4 Å². The summed E-state index contributed by atoms with van der Waals surface area (Å²) < 4.78 is 1.45. The van der Waals surface area contributed by atoms with Crippen molar-refractivity contribution >= 4 is 80.7 Å². The highest BCUT2D eigenvalue weighted by Gasteiger charge is 2.15. The molecule has 0 atom stereocenters. The smallest absolute Gasteiger partial charge is 0.262 e. The number of carbonyl (C=O) groups excluding carboxylic acids is 1. The van der Waals surface area contributed by atoms with Gasteiger partial charge in [0.1, 0.15) is 0 Å². The second-order valence-electron chi connectivity index (χ2n) is 5.84. The molecule has 1 N–H and O–H groups in total. The van der Waals surface area contributed by atoms with E-state index in [1.165, 1.54) is 16.7 Å². The van der Waals surface area contributed by atoms with Crippen LogP contribution in [0.3, 0.4) is 0 Å². The number of aromatic nitrogens is 2. The van der Waals surface area contributed by atoms with Gasteiger partial charge in [-0.05, 0) is 30.3 Å². The molecule has 0 aliphatic carbocycles. The van der Waals surface area contributed by atoms with E-state index in [4.69, 9.17) is 46.4 Å². The highest BCUT2D eigenvalue weighted by molar-refractivity contribution is 7.99. The fraction of sp³-hybridized carbons (Fsp3) is 0.105. The SMILES string of the molecule is C=CCn1c(SCC(=O)Nc2c(Cl)cc(Cl)cc2Cl)nc2cc(Cl)ccc2c1=O. The Morgan fingerprint density at radius 3 is 2.48 bits per heavy atom. The predicted octanol–water partition coefficient (Wildman–Crippen LogP) is 5.93. The minimum absolute atomic E-state index is 0.0229. The van der Waals surface area contributed by atoms with E-state index in [9.17, 15) is 9.59 Å². The van der Waals surface area contributed by atoms with Crippen LogP contribution in [0, 0.1) is 0 Å². The van der Waals surface area contributed by atoms with Crippen LogP contribution in [-0.4, -0.2) is 21.2 Å². The van der Waals surface area contributed by atoms with Crippen molar-refractivity contribution in [2.45, 2.75) is 11.7 Å². The van der Waals surface area contributed by atoms with Gasteiger partial charge in [-0.1, -0.05) is 64.2 Å². The fourth-order valence-corrected chi connectivity index (χ4v) is 4.43. The number of rotatable bonds is 6. The van der Waals surface area contributed by atoms with E-state index in [0.29, 0.717) is 26.1 Å². The Kier molecular flexibility index (Phi) is 7.14. The van der Waals surface area contributed by atoms with Crippen LogP contribution in [0.5, 0.6) is 0 Å².